The van der Waals surface area contributed by atoms with Crippen molar-refractivity contribution in [2.24, 2.45) is 0 Å². The van der Waals surface area contributed by atoms with Crippen molar-refractivity contribution in [3.8, 4) is 0 Å². The summed E-state index contributed by atoms with van der Waals surface area (Å²) >= 11 is 0. The van der Waals surface area contributed by atoms with Crippen LogP contribution in [0, 0.1) is 5.82 Å². The molecule has 1 saturated heterocycles. The molecule has 1 aromatic carbocycles. The van der Waals surface area contributed by atoms with Gasteiger partial charge in [0.1, 0.15) is 5.82 Å². The zero-order valence-corrected chi connectivity index (χ0v) is 10.9. The van der Waals surface area contributed by atoms with Gasteiger partial charge in [0.05, 0.1) is 0 Å². The highest BCUT2D eigenvalue weighted by molar-refractivity contribution is 7.87. The highest BCUT2D eigenvalue weighted by atomic mass is 32.2. The second-order valence-corrected chi connectivity index (χ2v) is 6.13. The summed E-state index contributed by atoms with van der Waals surface area (Å²) in [5.41, 5.74) is 0.359. The van der Waals surface area contributed by atoms with Crippen LogP contribution < -0.4 is 4.72 Å². The van der Waals surface area contributed by atoms with Gasteiger partial charge in [-0.1, -0.05) is 24.6 Å². The van der Waals surface area contributed by atoms with Gasteiger partial charge < -0.3 is 0 Å². The molecule has 2 rings (SSSR count). The smallest absolute Gasteiger partial charge is 0.207 e. The lowest BCUT2D eigenvalue weighted by Gasteiger charge is -2.25. The normalized spacial score (nSPS) is 17.8. The first-order valence-corrected chi connectivity index (χ1v) is 7.52. The third-order valence-electron chi connectivity index (χ3n) is 3.06. The topological polar surface area (TPSA) is 49.4 Å². The van der Waals surface area contributed by atoms with E-state index >= 15 is 0 Å². The van der Waals surface area contributed by atoms with E-state index in [0.29, 0.717) is 18.7 Å². The summed E-state index contributed by atoms with van der Waals surface area (Å²) in [6.07, 6.45) is 2.85. The maximum atomic E-state index is 13.4. The molecule has 0 aliphatic carbocycles. The molecule has 1 aliphatic heterocycles. The van der Waals surface area contributed by atoms with Crippen LogP contribution in [0.15, 0.2) is 24.3 Å². The van der Waals surface area contributed by atoms with Crippen LogP contribution in [0.2, 0.25) is 0 Å². The summed E-state index contributed by atoms with van der Waals surface area (Å²) in [4.78, 5) is 0. The second-order valence-electron chi connectivity index (χ2n) is 4.38. The van der Waals surface area contributed by atoms with Crippen LogP contribution in [0.5, 0.6) is 0 Å². The molecule has 6 heteroatoms. The van der Waals surface area contributed by atoms with Crippen LogP contribution >= 0.6 is 0 Å². The fourth-order valence-electron chi connectivity index (χ4n) is 2.01. The number of nitrogens with zero attached hydrogens (tertiary/aromatic N) is 1. The molecule has 1 fully saturated rings. The Morgan fingerprint density at radius 2 is 1.83 bits per heavy atom. The molecule has 0 amide bonds. The number of benzene rings is 1. The van der Waals surface area contributed by atoms with Gasteiger partial charge in [-0.2, -0.15) is 17.4 Å². The van der Waals surface area contributed by atoms with Crippen LogP contribution in [-0.2, 0) is 16.8 Å². The van der Waals surface area contributed by atoms with Gasteiger partial charge in [-0.3, -0.25) is 0 Å². The molecule has 1 heterocycles. The predicted molar refractivity (Wildman–Crippen MR) is 67.6 cm³/mol. The number of hydrogen-bond donors (Lipinski definition) is 1. The van der Waals surface area contributed by atoms with Crippen LogP contribution in [-0.4, -0.2) is 25.8 Å². The fraction of sp³-hybridized carbons (Fsp3) is 0.500. The molecular formula is C12H17FN2O2S. The van der Waals surface area contributed by atoms with Crippen LogP contribution in [0.25, 0.3) is 0 Å². The highest BCUT2D eigenvalue weighted by Crippen LogP contribution is 2.13. The fourth-order valence-corrected chi connectivity index (χ4v) is 3.27. The summed E-state index contributed by atoms with van der Waals surface area (Å²) in [5, 5.41) is 0. The number of rotatable bonds is 4. The first kappa shape index (κ1) is 13.5. The minimum atomic E-state index is -3.48. The summed E-state index contributed by atoms with van der Waals surface area (Å²) in [6, 6.07) is 6.17. The molecule has 0 radical (unpaired) electrons. The van der Waals surface area contributed by atoms with Gasteiger partial charge in [-0.05, 0) is 18.9 Å². The Morgan fingerprint density at radius 3 is 2.50 bits per heavy atom. The number of nitrogens with one attached hydrogen (secondary N) is 1. The van der Waals surface area contributed by atoms with Crippen molar-refractivity contribution in [1.29, 1.82) is 0 Å². The lowest BCUT2D eigenvalue weighted by atomic mass is 10.2. The minimum absolute atomic E-state index is 0.00843. The van der Waals surface area contributed by atoms with Crippen LogP contribution in [0.3, 0.4) is 0 Å². The SMILES string of the molecule is O=S(=O)(NCc1ccccc1F)N1CCCCC1. The molecule has 0 saturated carbocycles. The first-order valence-electron chi connectivity index (χ1n) is 6.08. The molecule has 1 N–H and O–H groups in total. The Balaban J connectivity index is 1.98. The van der Waals surface area contributed by atoms with E-state index in [1.807, 2.05) is 0 Å². The van der Waals surface area contributed by atoms with Crippen molar-refractivity contribution in [1.82, 2.24) is 9.03 Å². The van der Waals surface area contributed by atoms with Crippen molar-refractivity contribution in [3.05, 3.63) is 35.6 Å². The summed E-state index contributed by atoms with van der Waals surface area (Å²) in [6.45, 7) is 1.09. The number of hydrogen-bond acceptors (Lipinski definition) is 2. The van der Waals surface area contributed by atoms with Crippen molar-refractivity contribution in [2.45, 2.75) is 25.8 Å². The predicted octanol–water partition coefficient (Wildman–Crippen LogP) is 1.65. The van der Waals surface area contributed by atoms with Gasteiger partial charge in [0.15, 0.2) is 0 Å². The van der Waals surface area contributed by atoms with Gasteiger partial charge >= 0.3 is 0 Å². The molecule has 1 aromatic rings. The largest absolute Gasteiger partial charge is 0.279 e. The second kappa shape index (κ2) is 5.77. The molecule has 0 atom stereocenters. The zero-order valence-electron chi connectivity index (χ0n) is 10.1. The van der Waals surface area contributed by atoms with E-state index in [0.717, 1.165) is 19.3 Å². The van der Waals surface area contributed by atoms with Crippen LogP contribution in [0.4, 0.5) is 4.39 Å². The molecule has 0 bridgehead atoms. The number of halogens is 1. The lowest BCUT2D eigenvalue weighted by molar-refractivity contribution is 0.341. The van der Waals surface area contributed by atoms with Gasteiger partial charge in [0.2, 0.25) is 0 Å². The maximum Gasteiger partial charge on any atom is 0.279 e. The molecule has 4 nitrogen and oxygen atoms in total. The van der Waals surface area contributed by atoms with Gasteiger partial charge in [-0.25, -0.2) is 4.39 Å². The van der Waals surface area contributed by atoms with E-state index < -0.39 is 10.2 Å². The lowest BCUT2D eigenvalue weighted by Crippen LogP contribution is -2.43. The monoisotopic (exact) mass is 272 g/mol. The van der Waals surface area contributed by atoms with Gasteiger partial charge in [-0.15, -0.1) is 0 Å². The van der Waals surface area contributed by atoms with Gasteiger partial charge in [0.25, 0.3) is 10.2 Å². The summed E-state index contributed by atoms with van der Waals surface area (Å²) in [5.74, 6) is -0.390. The third-order valence-corrected chi connectivity index (χ3v) is 4.61. The molecule has 0 unspecified atom stereocenters. The minimum Gasteiger partial charge on any atom is -0.207 e. The third kappa shape index (κ3) is 3.28. The molecule has 100 valence electrons. The van der Waals surface area contributed by atoms with E-state index in [4.69, 9.17) is 0 Å². The van der Waals surface area contributed by atoms with Crippen LogP contribution in [0.1, 0.15) is 24.8 Å². The summed E-state index contributed by atoms with van der Waals surface area (Å²) < 4.78 is 41.2. The average Bonchev–Trinajstić information content (AvgIpc) is 2.39. The van der Waals surface area contributed by atoms with E-state index in [9.17, 15) is 12.8 Å². The first-order chi connectivity index (χ1) is 8.59. The molecular weight excluding hydrogens is 255 g/mol. The van der Waals surface area contributed by atoms with E-state index in [2.05, 4.69) is 4.72 Å². The van der Waals surface area contributed by atoms with Crippen molar-refractivity contribution in [3.63, 3.8) is 0 Å². The highest BCUT2D eigenvalue weighted by Gasteiger charge is 2.23. The molecule has 18 heavy (non-hydrogen) atoms. The van der Waals surface area contributed by atoms with Crippen molar-refractivity contribution >= 4 is 10.2 Å². The van der Waals surface area contributed by atoms with Crippen molar-refractivity contribution < 1.29 is 12.8 Å². The average molecular weight is 272 g/mol. The van der Waals surface area contributed by atoms with Gasteiger partial charge in [0, 0.05) is 25.2 Å². The van der Waals surface area contributed by atoms with E-state index in [1.165, 1.54) is 10.4 Å². The maximum absolute atomic E-state index is 13.4. The quantitative estimate of drug-likeness (QED) is 0.906. The molecule has 0 spiro atoms. The number of piperidine rings is 1. The molecule has 1 aliphatic rings. The summed E-state index contributed by atoms with van der Waals surface area (Å²) in [7, 11) is -3.48. The zero-order chi connectivity index (χ0) is 13.0. The standard InChI is InChI=1S/C12H17FN2O2S/c13-12-7-3-2-6-11(12)10-14-18(16,17)15-8-4-1-5-9-15/h2-3,6-7,14H,1,4-5,8-10H2. The van der Waals surface area contributed by atoms with Crippen molar-refractivity contribution in [2.75, 3.05) is 13.1 Å². The Morgan fingerprint density at radius 1 is 1.17 bits per heavy atom. The molecule has 0 aromatic heterocycles. The Kier molecular flexibility index (Phi) is 4.31. The Hall–Kier alpha value is -0.980. The Labute approximate surface area is 107 Å². The Bertz CT molecular complexity index is 499. The van der Waals surface area contributed by atoms with E-state index in [-0.39, 0.29) is 12.4 Å². The van der Waals surface area contributed by atoms with E-state index in [1.54, 1.807) is 18.2 Å².